The molecule has 0 spiro atoms. The van der Waals surface area contributed by atoms with Crippen LogP contribution in [0.3, 0.4) is 0 Å². The third kappa shape index (κ3) is 2.44. The lowest BCUT2D eigenvalue weighted by Gasteiger charge is -2.04. The van der Waals surface area contributed by atoms with Crippen LogP contribution in [0, 0.1) is 0 Å². The third-order valence-corrected chi connectivity index (χ3v) is 3.65. The molecule has 6 heteroatoms. The maximum absolute atomic E-state index is 5.38. The van der Waals surface area contributed by atoms with Crippen LogP contribution in [0.1, 0.15) is 30.8 Å². The summed E-state index contributed by atoms with van der Waals surface area (Å²) < 4.78 is 10.7. The van der Waals surface area contributed by atoms with Gasteiger partial charge in [0.2, 0.25) is 11.7 Å². The third-order valence-electron chi connectivity index (χ3n) is 3.65. The summed E-state index contributed by atoms with van der Waals surface area (Å²) in [4.78, 5) is 8.84. The molecule has 1 N–H and O–H groups in total. The number of hydrogen-bond donors (Lipinski definition) is 1. The number of methoxy groups -OCH3 is 1. The molecule has 106 valence electrons. The van der Waals surface area contributed by atoms with Crippen molar-refractivity contribution in [3.05, 3.63) is 29.8 Å². The van der Waals surface area contributed by atoms with Gasteiger partial charge >= 0.3 is 0 Å². The maximum atomic E-state index is 5.38. The Hall–Kier alpha value is -1.79. The van der Waals surface area contributed by atoms with E-state index in [1.54, 1.807) is 13.3 Å². The van der Waals surface area contributed by atoms with Crippen LogP contribution in [0.5, 0.6) is 0 Å². The largest absolute Gasteiger partial charge is 0.380 e. The molecule has 2 aromatic rings. The summed E-state index contributed by atoms with van der Waals surface area (Å²) >= 11 is 0. The van der Waals surface area contributed by atoms with Gasteiger partial charge in [-0.1, -0.05) is 18.1 Å². The molecule has 1 fully saturated rings. The predicted octanol–water partition coefficient (Wildman–Crippen LogP) is 1.74. The van der Waals surface area contributed by atoms with E-state index in [0.717, 1.165) is 30.6 Å². The van der Waals surface area contributed by atoms with Gasteiger partial charge in [-0.3, -0.25) is 4.98 Å². The quantitative estimate of drug-likeness (QED) is 0.915. The molecule has 0 aliphatic carbocycles. The van der Waals surface area contributed by atoms with Crippen molar-refractivity contribution in [2.75, 3.05) is 13.7 Å². The first-order valence-corrected chi connectivity index (χ1v) is 6.85. The van der Waals surface area contributed by atoms with Gasteiger partial charge in [-0.25, -0.2) is 0 Å². The first kappa shape index (κ1) is 13.2. The Morgan fingerprint density at radius 1 is 1.50 bits per heavy atom. The highest BCUT2D eigenvalue weighted by Gasteiger charge is 2.29. The fraction of sp³-hybridized carbons (Fsp3) is 0.500. The van der Waals surface area contributed by atoms with E-state index in [4.69, 9.17) is 9.26 Å². The Kier molecular flexibility index (Phi) is 3.75. The first-order chi connectivity index (χ1) is 9.81. The smallest absolute Gasteiger partial charge is 0.244 e. The molecule has 1 aliphatic heterocycles. The summed E-state index contributed by atoms with van der Waals surface area (Å²) in [6, 6.07) is 4.02. The van der Waals surface area contributed by atoms with Gasteiger partial charge in [-0.05, 0) is 24.5 Å². The summed E-state index contributed by atoms with van der Waals surface area (Å²) in [6.07, 6.45) is 3.69. The number of nitrogens with zero attached hydrogens (tertiary/aromatic N) is 3. The monoisotopic (exact) mass is 274 g/mol. The van der Waals surface area contributed by atoms with E-state index in [-0.39, 0.29) is 12.1 Å². The summed E-state index contributed by atoms with van der Waals surface area (Å²) in [5.41, 5.74) is 1.92. The second-order valence-electron chi connectivity index (χ2n) is 4.88. The Labute approximate surface area is 117 Å². The van der Waals surface area contributed by atoms with Crippen LogP contribution in [0.25, 0.3) is 11.5 Å². The normalized spacial score (nSPS) is 22.3. The van der Waals surface area contributed by atoms with Crippen molar-refractivity contribution in [1.29, 1.82) is 0 Å². The average Bonchev–Trinajstić information content (AvgIpc) is 3.15. The standard InChI is InChI=1S/C14H18N4O2/c1-3-9-5-4-6-15-12(9)13-17-14(20-18-13)11-7-10(19-2)8-16-11/h4-6,10-11,16H,3,7-8H2,1-2H3. The zero-order valence-corrected chi connectivity index (χ0v) is 11.7. The van der Waals surface area contributed by atoms with Gasteiger partial charge < -0.3 is 14.6 Å². The fourth-order valence-corrected chi connectivity index (χ4v) is 2.47. The van der Waals surface area contributed by atoms with E-state index in [0.29, 0.717) is 11.7 Å². The lowest BCUT2D eigenvalue weighted by molar-refractivity contribution is 0.116. The minimum atomic E-state index is 0.0648. The van der Waals surface area contributed by atoms with Crippen molar-refractivity contribution >= 4 is 0 Å². The van der Waals surface area contributed by atoms with Crippen LogP contribution in [-0.2, 0) is 11.2 Å². The molecular weight excluding hydrogens is 256 g/mol. The molecule has 0 saturated carbocycles. The van der Waals surface area contributed by atoms with Crippen LogP contribution in [0.4, 0.5) is 0 Å². The van der Waals surface area contributed by atoms with E-state index in [1.807, 2.05) is 12.1 Å². The fourth-order valence-electron chi connectivity index (χ4n) is 2.47. The average molecular weight is 274 g/mol. The van der Waals surface area contributed by atoms with Gasteiger partial charge in [0.25, 0.3) is 0 Å². The number of pyridine rings is 1. The molecule has 3 heterocycles. The Balaban J connectivity index is 1.83. The van der Waals surface area contributed by atoms with Crippen molar-refractivity contribution in [2.45, 2.75) is 31.9 Å². The van der Waals surface area contributed by atoms with Gasteiger partial charge in [0.1, 0.15) is 5.69 Å². The van der Waals surface area contributed by atoms with Crippen LogP contribution in [0.15, 0.2) is 22.9 Å². The number of rotatable bonds is 4. The van der Waals surface area contributed by atoms with Crippen molar-refractivity contribution in [2.24, 2.45) is 0 Å². The molecule has 2 unspecified atom stereocenters. The first-order valence-electron chi connectivity index (χ1n) is 6.85. The van der Waals surface area contributed by atoms with E-state index >= 15 is 0 Å². The summed E-state index contributed by atoms with van der Waals surface area (Å²) in [5, 5.41) is 7.39. The summed E-state index contributed by atoms with van der Waals surface area (Å²) in [5.74, 6) is 1.16. The lowest BCUT2D eigenvalue weighted by atomic mass is 10.1. The van der Waals surface area contributed by atoms with Gasteiger partial charge in [0.05, 0.1) is 12.1 Å². The topological polar surface area (TPSA) is 73.1 Å². The Bertz CT molecular complexity index is 584. The van der Waals surface area contributed by atoms with Gasteiger partial charge in [-0.2, -0.15) is 4.98 Å². The minimum Gasteiger partial charge on any atom is -0.380 e. The second kappa shape index (κ2) is 5.68. The highest BCUT2D eigenvalue weighted by atomic mass is 16.5. The highest BCUT2D eigenvalue weighted by Crippen LogP contribution is 2.26. The predicted molar refractivity (Wildman–Crippen MR) is 73.1 cm³/mol. The van der Waals surface area contributed by atoms with E-state index in [9.17, 15) is 0 Å². The summed E-state index contributed by atoms with van der Waals surface area (Å²) in [7, 11) is 1.72. The van der Waals surface area contributed by atoms with Gasteiger partial charge in [0, 0.05) is 19.9 Å². The molecule has 2 aromatic heterocycles. The molecule has 0 aromatic carbocycles. The summed E-state index contributed by atoms with van der Waals surface area (Å²) in [6.45, 7) is 2.89. The number of hydrogen-bond acceptors (Lipinski definition) is 6. The van der Waals surface area contributed by atoms with Crippen LogP contribution in [0.2, 0.25) is 0 Å². The van der Waals surface area contributed by atoms with Crippen LogP contribution < -0.4 is 5.32 Å². The zero-order valence-electron chi connectivity index (χ0n) is 11.7. The molecule has 1 aliphatic rings. The maximum Gasteiger partial charge on any atom is 0.244 e. The molecule has 6 nitrogen and oxygen atoms in total. The lowest BCUT2D eigenvalue weighted by Crippen LogP contribution is -2.16. The van der Waals surface area contributed by atoms with Crippen molar-refractivity contribution < 1.29 is 9.26 Å². The molecule has 2 atom stereocenters. The van der Waals surface area contributed by atoms with Gasteiger partial charge in [0.15, 0.2) is 0 Å². The van der Waals surface area contributed by atoms with E-state index in [1.165, 1.54) is 0 Å². The Morgan fingerprint density at radius 3 is 3.15 bits per heavy atom. The number of ether oxygens (including phenoxy) is 1. The molecule has 20 heavy (non-hydrogen) atoms. The minimum absolute atomic E-state index is 0.0648. The van der Waals surface area contributed by atoms with Crippen LogP contribution >= 0.6 is 0 Å². The van der Waals surface area contributed by atoms with E-state index in [2.05, 4.69) is 27.4 Å². The Morgan fingerprint density at radius 2 is 2.40 bits per heavy atom. The molecular formula is C14H18N4O2. The number of aromatic nitrogens is 3. The zero-order chi connectivity index (χ0) is 13.9. The molecule has 0 radical (unpaired) electrons. The van der Waals surface area contributed by atoms with Crippen molar-refractivity contribution in [3.63, 3.8) is 0 Å². The molecule has 0 amide bonds. The molecule has 0 bridgehead atoms. The molecule has 1 saturated heterocycles. The van der Waals surface area contributed by atoms with Gasteiger partial charge in [-0.15, -0.1) is 0 Å². The SMILES string of the molecule is CCc1cccnc1-c1noc(C2CC(OC)CN2)n1. The number of nitrogens with one attached hydrogen (secondary N) is 1. The van der Waals surface area contributed by atoms with E-state index < -0.39 is 0 Å². The molecule has 3 rings (SSSR count). The highest BCUT2D eigenvalue weighted by molar-refractivity contribution is 5.53. The van der Waals surface area contributed by atoms with Crippen molar-refractivity contribution in [1.82, 2.24) is 20.4 Å². The number of aryl methyl sites for hydroxylation is 1. The van der Waals surface area contributed by atoms with Crippen LogP contribution in [-0.4, -0.2) is 34.9 Å². The van der Waals surface area contributed by atoms with Crippen molar-refractivity contribution in [3.8, 4) is 11.5 Å². The second-order valence-corrected chi connectivity index (χ2v) is 4.88.